The second-order valence-electron chi connectivity index (χ2n) is 12.0. The molecule has 1 aromatic heterocycles. The summed E-state index contributed by atoms with van der Waals surface area (Å²) in [6.07, 6.45) is 7.18. The van der Waals surface area contributed by atoms with Gasteiger partial charge in [-0.3, -0.25) is 4.90 Å². The normalized spacial score (nSPS) is 19.8. The number of nitrogens with zero attached hydrogens (tertiary/aromatic N) is 3. The molecule has 0 bridgehead atoms. The third-order valence-corrected chi connectivity index (χ3v) is 6.44. The molecule has 202 valence electrons. The SMILES string of the molecule is CN(C(=O)OC(C)(C)C)C1CC(OCCCCCc2ccc3c(n2)N(C(=O)OC(C)(C)C)CCC3)C1. The molecule has 0 saturated heterocycles. The minimum atomic E-state index is -0.525. The van der Waals surface area contributed by atoms with Gasteiger partial charge in [0.2, 0.25) is 0 Å². The summed E-state index contributed by atoms with van der Waals surface area (Å²) in [7, 11) is 1.80. The number of pyridine rings is 1. The van der Waals surface area contributed by atoms with Crippen LogP contribution in [0.4, 0.5) is 15.4 Å². The molecule has 0 spiro atoms. The molecule has 8 heteroatoms. The third kappa shape index (κ3) is 8.36. The van der Waals surface area contributed by atoms with Crippen LogP contribution in [0.3, 0.4) is 0 Å². The van der Waals surface area contributed by atoms with Gasteiger partial charge in [0.1, 0.15) is 17.0 Å². The van der Waals surface area contributed by atoms with Crippen LogP contribution in [0.2, 0.25) is 0 Å². The Morgan fingerprint density at radius 2 is 1.72 bits per heavy atom. The molecule has 36 heavy (non-hydrogen) atoms. The Bertz CT molecular complexity index is 899. The lowest BCUT2D eigenvalue weighted by molar-refractivity contribution is -0.0518. The maximum absolute atomic E-state index is 12.7. The highest BCUT2D eigenvalue weighted by atomic mass is 16.6. The lowest BCUT2D eigenvalue weighted by Gasteiger charge is -2.41. The lowest BCUT2D eigenvalue weighted by atomic mass is 9.88. The molecule has 0 atom stereocenters. The average molecular weight is 504 g/mol. The summed E-state index contributed by atoms with van der Waals surface area (Å²) in [5, 5.41) is 0. The standard InChI is InChI=1S/C28H45N3O5/c1-27(2,3)35-25(32)30(7)22-18-23(19-22)34-17-10-8-9-13-21-15-14-20-12-11-16-31(24(20)29-21)26(33)36-28(4,5)6/h14-15,22-23H,8-13,16-19H2,1-7H3. The van der Waals surface area contributed by atoms with E-state index in [1.165, 1.54) is 0 Å². The van der Waals surface area contributed by atoms with E-state index in [0.29, 0.717) is 6.54 Å². The number of hydrogen-bond acceptors (Lipinski definition) is 6. The molecule has 1 fully saturated rings. The molecule has 3 rings (SSSR count). The zero-order chi connectivity index (χ0) is 26.5. The number of anilines is 1. The molecule has 8 nitrogen and oxygen atoms in total. The molecule has 1 saturated carbocycles. The van der Waals surface area contributed by atoms with Crippen LogP contribution in [0.25, 0.3) is 0 Å². The van der Waals surface area contributed by atoms with Crippen molar-refractivity contribution in [3.63, 3.8) is 0 Å². The summed E-state index contributed by atoms with van der Waals surface area (Å²) < 4.78 is 17.0. The van der Waals surface area contributed by atoms with E-state index >= 15 is 0 Å². The van der Waals surface area contributed by atoms with Gasteiger partial charge in [-0.1, -0.05) is 12.5 Å². The Kier molecular flexibility index (Phi) is 9.25. The lowest BCUT2D eigenvalue weighted by Crippen LogP contribution is -2.50. The maximum atomic E-state index is 12.7. The predicted octanol–water partition coefficient (Wildman–Crippen LogP) is 5.90. The van der Waals surface area contributed by atoms with Gasteiger partial charge in [0.15, 0.2) is 0 Å². The van der Waals surface area contributed by atoms with Gasteiger partial charge in [0.25, 0.3) is 0 Å². The van der Waals surface area contributed by atoms with Crippen molar-refractivity contribution in [3.8, 4) is 0 Å². The Labute approximate surface area is 216 Å². The number of carbonyl (C=O) groups excluding carboxylic acids is 2. The fourth-order valence-corrected chi connectivity index (χ4v) is 4.42. The summed E-state index contributed by atoms with van der Waals surface area (Å²) in [6.45, 7) is 12.7. The van der Waals surface area contributed by atoms with Gasteiger partial charge in [-0.25, -0.2) is 14.6 Å². The highest BCUT2D eigenvalue weighted by Gasteiger charge is 2.36. The summed E-state index contributed by atoms with van der Waals surface area (Å²) in [5.41, 5.74) is 1.12. The molecular formula is C28H45N3O5. The van der Waals surface area contributed by atoms with Crippen molar-refractivity contribution in [2.24, 2.45) is 0 Å². The van der Waals surface area contributed by atoms with Crippen molar-refractivity contribution in [2.75, 3.05) is 25.1 Å². The van der Waals surface area contributed by atoms with E-state index in [1.54, 1.807) is 16.8 Å². The molecule has 1 aliphatic carbocycles. The number of fused-ring (bicyclic) bond motifs is 1. The van der Waals surface area contributed by atoms with E-state index in [4.69, 9.17) is 19.2 Å². The number of rotatable bonds is 8. The smallest absolute Gasteiger partial charge is 0.416 e. The van der Waals surface area contributed by atoms with E-state index in [2.05, 4.69) is 12.1 Å². The predicted molar refractivity (Wildman–Crippen MR) is 140 cm³/mol. The molecule has 0 aromatic carbocycles. The summed E-state index contributed by atoms with van der Waals surface area (Å²) in [6, 6.07) is 4.39. The van der Waals surface area contributed by atoms with Crippen molar-refractivity contribution >= 4 is 18.0 Å². The Morgan fingerprint density at radius 1 is 1.03 bits per heavy atom. The van der Waals surface area contributed by atoms with E-state index in [0.717, 1.165) is 75.0 Å². The second-order valence-corrected chi connectivity index (χ2v) is 12.0. The van der Waals surface area contributed by atoms with Gasteiger partial charge < -0.3 is 19.1 Å². The number of carbonyl (C=O) groups is 2. The second kappa shape index (κ2) is 11.8. The number of aryl methyl sites for hydroxylation is 2. The topological polar surface area (TPSA) is 81.2 Å². The first-order valence-electron chi connectivity index (χ1n) is 13.4. The van der Waals surface area contributed by atoms with E-state index in [9.17, 15) is 9.59 Å². The van der Waals surface area contributed by atoms with Crippen LogP contribution in [-0.2, 0) is 27.1 Å². The van der Waals surface area contributed by atoms with Crippen molar-refractivity contribution in [2.45, 2.75) is 116 Å². The minimum absolute atomic E-state index is 0.195. The minimum Gasteiger partial charge on any atom is -0.444 e. The number of unbranched alkanes of at least 4 members (excludes halogenated alkanes) is 2. The number of amides is 2. The van der Waals surface area contributed by atoms with Crippen LogP contribution in [-0.4, -0.2) is 65.6 Å². The average Bonchev–Trinajstić information content (AvgIpc) is 2.73. The van der Waals surface area contributed by atoms with Crippen molar-refractivity contribution in [1.29, 1.82) is 0 Å². The quantitative estimate of drug-likeness (QED) is 0.411. The molecule has 0 unspecified atom stereocenters. The Balaban J connectivity index is 1.35. The molecule has 2 aliphatic rings. The Morgan fingerprint density at radius 3 is 2.39 bits per heavy atom. The first kappa shape index (κ1) is 28.2. The summed E-state index contributed by atoms with van der Waals surface area (Å²) in [5.74, 6) is 0.757. The Hall–Kier alpha value is -2.35. The molecule has 1 aliphatic heterocycles. The largest absolute Gasteiger partial charge is 0.444 e. The van der Waals surface area contributed by atoms with Gasteiger partial charge in [-0.2, -0.15) is 0 Å². The van der Waals surface area contributed by atoms with Crippen LogP contribution in [0.5, 0.6) is 0 Å². The monoisotopic (exact) mass is 503 g/mol. The number of aromatic nitrogens is 1. The molecule has 2 heterocycles. The van der Waals surface area contributed by atoms with Gasteiger partial charge in [-0.15, -0.1) is 0 Å². The van der Waals surface area contributed by atoms with Crippen molar-refractivity contribution in [3.05, 3.63) is 23.4 Å². The zero-order valence-corrected chi connectivity index (χ0v) is 23.3. The molecule has 0 radical (unpaired) electrons. The molecule has 1 aromatic rings. The van der Waals surface area contributed by atoms with E-state index in [1.807, 2.05) is 41.5 Å². The first-order valence-corrected chi connectivity index (χ1v) is 13.4. The zero-order valence-electron chi connectivity index (χ0n) is 23.3. The van der Waals surface area contributed by atoms with Gasteiger partial charge in [0.05, 0.1) is 6.10 Å². The van der Waals surface area contributed by atoms with Gasteiger partial charge in [0, 0.05) is 31.9 Å². The van der Waals surface area contributed by atoms with Crippen molar-refractivity contribution < 1.29 is 23.8 Å². The summed E-state index contributed by atoms with van der Waals surface area (Å²) in [4.78, 5) is 33.1. The van der Waals surface area contributed by atoms with E-state index in [-0.39, 0.29) is 24.3 Å². The fourth-order valence-electron chi connectivity index (χ4n) is 4.42. The van der Waals surface area contributed by atoms with Crippen LogP contribution in [0, 0.1) is 0 Å². The molecular weight excluding hydrogens is 458 g/mol. The summed E-state index contributed by atoms with van der Waals surface area (Å²) >= 11 is 0. The first-order chi connectivity index (χ1) is 16.8. The van der Waals surface area contributed by atoms with Crippen LogP contribution >= 0.6 is 0 Å². The molecule has 2 amide bonds. The number of ether oxygens (including phenoxy) is 3. The molecule has 0 N–H and O–H groups in total. The number of hydrogen-bond donors (Lipinski definition) is 0. The van der Waals surface area contributed by atoms with Crippen LogP contribution in [0.1, 0.15) is 91.3 Å². The highest BCUT2D eigenvalue weighted by Crippen LogP contribution is 2.29. The third-order valence-electron chi connectivity index (χ3n) is 6.44. The van der Waals surface area contributed by atoms with Gasteiger partial charge in [-0.05, 0) is 98.1 Å². The fraction of sp³-hybridized carbons (Fsp3) is 0.750. The van der Waals surface area contributed by atoms with Crippen LogP contribution in [0.15, 0.2) is 12.1 Å². The van der Waals surface area contributed by atoms with Crippen molar-refractivity contribution in [1.82, 2.24) is 9.88 Å². The maximum Gasteiger partial charge on any atom is 0.416 e. The van der Waals surface area contributed by atoms with Crippen LogP contribution < -0.4 is 4.90 Å². The van der Waals surface area contributed by atoms with E-state index < -0.39 is 11.2 Å². The highest BCUT2D eigenvalue weighted by molar-refractivity contribution is 5.88. The van der Waals surface area contributed by atoms with Gasteiger partial charge >= 0.3 is 12.2 Å².